The number of nitriles is 1. The van der Waals surface area contributed by atoms with Crippen LogP contribution in [0.4, 0.5) is 5.69 Å². The summed E-state index contributed by atoms with van der Waals surface area (Å²) in [6.07, 6.45) is 1.48. The van der Waals surface area contributed by atoms with Crippen molar-refractivity contribution in [3.63, 3.8) is 0 Å². The summed E-state index contributed by atoms with van der Waals surface area (Å²) in [7, 11) is 3.29. The van der Waals surface area contributed by atoms with Crippen molar-refractivity contribution in [3.8, 4) is 17.6 Å². The molecule has 0 unspecified atom stereocenters. The lowest BCUT2D eigenvalue weighted by Crippen LogP contribution is -2.27. The second kappa shape index (κ2) is 11.5. The van der Waals surface area contributed by atoms with Gasteiger partial charge in [0.2, 0.25) is 0 Å². The number of amides is 2. The summed E-state index contributed by atoms with van der Waals surface area (Å²) in [5, 5.41) is 12.5. The smallest absolute Gasteiger partial charge is 0.266 e. The van der Waals surface area contributed by atoms with Gasteiger partial charge >= 0.3 is 0 Å². The zero-order valence-electron chi connectivity index (χ0n) is 19.7. The molecule has 2 aromatic carbocycles. The number of aryl methyl sites for hydroxylation is 3. The summed E-state index contributed by atoms with van der Waals surface area (Å²) in [4.78, 5) is 26.2. The van der Waals surface area contributed by atoms with Crippen molar-refractivity contribution < 1.29 is 19.1 Å². The number of nitrogens with zero attached hydrogens (tertiary/aromatic N) is 2. The third-order valence-electron chi connectivity index (χ3n) is 4.76. The number of likely N-dealkylation sites (N-methyl/N-ethyl adjacent to an activating group) is 1. The molecule has 1 N–H and O–H groups in total. The summed E-state index contributed by atoms with van der Waals surface area (Å²) >= 11 is 3.44. The standard InChI is InChI=1S/C25H28BrN3O4/c1-7-32-21-12-18(11-20(26)24(21)33-14-22(30)29(5)6)10-19(13-27)25(31)28-23-16(3)8-15(2)9-17(23)4/h8-12H,7,14H2,1-6H3,(H,28,31)/b19-10+. The third-order valence-corrected chi connectivity index (χ3v) is 5.35. The molecule has 0 saturated carbocycles. The van der Waals surface area contributed by atoms with Crippen molar-refractivity contribution in [2.45, 2.75) is 27.7 Å². The van der Waals surface area contributed by atoms with Crippen LogP contribution in [0, 0.1) is 32.1 Å². The summed E-state index contributed by atoms with van der Waals surface area (Å²) in [6, 6.07) is 9.28. The Morgan fingerprint density at radius 3 is 2.30 bits per heavy atom. The molecule has 0 aromatic heterocycles. The first-order valence-electron chi connectivity index (χ1n) is 10.4. The number of carbonyl (C=O) groups is 2. The molecule has 0 atom stereocenters. The van der Waals surface area contributed by atoms with Crippen LogP contribution in [-0.4, -0.2) is 44.0 Å². The van der Waals surface area contributed by atoms with Gasteiger partial charge in [0.15, 0.2) is 18.1 Å². The van der Waals surface area contributed by atoms with E-state index in [1.165, 1.54) is 11.0 Å². The average Bonchev–Trinajstić information content (AvgIpc) is 2.73. The van der Waals surface area contributed by atoms with Gasteiger partial charge in [-0.2, -0.15) is 5.26 Å². The molecule has 33 heavy (non-hydrogen) atoms. The van der Waals surface area contributed by atoms with Crippen LogP contribution in [0.2, 0.25) is 0 Å². The summed E-state index contributed by atoms with van der Waals surface area (Å²) < 4.78 is 11.9. The van der Waals surface area contributed by atoms with Crippen LogP contribution in [0.15, 0.2) is 34.3 Å². The average molecular weight is 514 g/mol. The molecular formula is C25H28BrN3O4. The Kier molecular flexibility index (Phi) is 9.06. The number of anilines is 1. The molecule has 0 radical (unpaired) electrons. The molecule has 7 nitrogen and oxygen atoms in total. The van der Waals surface area contributed by atoms with Crippen molar-refractivity contribution in [2.24, 2.45) is 0 Å². The van der Waals surface area contributed by atoms with Gasteiger partial charge in [-0.3, -0.25) is 9.59 Å². The highest BCUT2D eigenvalue weighted by Gasteiger charge is 2.17. The fraction of sp³-hybridized carbons (Fsp3) is 0.320. The summed E-state index contributed by atoms with van der Waals surface area (Å²) in [5.41, 5.74) is 4.15. The number of nitrogens with one attached hydrogen (secondary N) is 1. The molecule has 0 bridgehead atoms. The maximum atomic E-state index is 12.8. The quantitative estimate of drug-likeness (QED) is 0.404. The Morgan fingerprint density at radius 2 is 1.76 bits per heavy atom. The number of rotatable bonds is 8. The zero-order chi connectivity index (χ0) is 24.7. The van der Waals surface area contributed by atoms with E-state index in [1.807, 2.05) is 45.9 Å². The predicted molar refractivity (Wildman–Crippen MR) is 132 cm³/mol. The van der Waals surface area contributed by atoms with E-state index < -0.39 is 5.91 Å². The molecule has 174 valence electrons. The van der Waals surface area contributed by atoms with Gasteiger partial charge in [-0.1, -0.05) is 17.7 Å². The van der Waals surface area contributed by atoms with E-state index in [2.05, 4.69) is 21.2 Å². The number of ether oxygens (including phenoxy) is 2. The van der Waals surface area contributed by atoms with Gasteiger partial charge in [-0.05, 0) is 78.5 Å². The minimum atomic E-state index is -0.501. The first-order valence-corrected chi connectivity index (χ1v) is 11.2. The molecule has 0 aliphatic rings. The van der Waals surface area contributed by atoms with E-state index in [4.69, 9.17) is 9.47 Å². The van der Waals surface area contributed by atoms with E-state index in [0.29, 0.717) is 33.8 Å². The lowest BCUT2D eigenvalue weighted by atomic mass is 10.0. The molecule has 0 spiro atoms. The Hall–Kier alpha value is -3.31. The molecule has 2 aromatic rings. The van der Waals surface area contributed by atoms with Crippen molar-refractivity contribution in [1.29, 1.82) is 5.26 Å². The fourth-order valence-electron chi connectivity index (χ4n) is 3.21. The van der Waals surface area contributed by atoms with E-state index >= 15 is 0 Å². The lowest BCUT2D eigenvalue weighted by molar-refractivity contribution is -0.130. The van der Waals surface area contributed by atoms with Crippen LogP contribution >= 0.6 is 15.9 Å². The molecule has 0 aliphatic carbocycles. The predicted octanol–water partition coefficient (Wildman–Crippen LogP) is 4.79. The number of hydrogen-bond donors (Lipinski definition) is 1. The minimum absolute atomic E-state index is 0.0554. The van der Waals surface area contributed by atoms with E-state index in [1.54, 1.807) is 26.2 Å². The zero-order valence-corrected chi connectivity index (χ0v) is 21.3. The number of benzene rings is 2. The SMILES string of the molecule is CCOc1cc(/C=C(\C#N)C(=O)Nc2c(C)cc(C)cc2C)cc(Br)c1OCC(=O)N(C)C. The van der Waals surface area contributed by atoms with E-state index in [0.717, 1.165) is 16.7 Å². The van der Waals surface area contributed by atoms with Crippen molar-refractivity contribution in [2.75, 3.05) is 32.6 Å². The number of carbonyl (C=O) groups excluding carboxylic acids is 2. The maximum absolute atomic E-state index is 12.8. The summed E-state index contributed by atoms with van der Waals surface area (Å²) in [5.74, 6) is 0.0719. The Bertz CT molecular complexity index is 1110. The lowest BCUT2D eigenvalue weighted by Gasteiger charge is -2.16. The van der Waals surface area contributed by atoms with Crippen LogP contribution in [-0.2, 0) is 9.59 Å². The van der Waals surface area contributed by atoms with Crippen molar-refractivity contribution in [3.05, 3.63) is 56.6 Å². The molecule has 0 heterocycles. The molecule has 2 amide bonds. The second-order valence-corrected chi connectivity index (χ2v) is 8.59. The van der Waals surface area contributed by atoms with Gasteiger partial charge in [-0.15, -0.1) is 0 Å². The Morgan fingerprint density at radius 1 is 1.12 bits per heavy atom. The molecule has 8 heteroatoms. The highest BCUT2D eigenvalue weighted by molar-refractivity contribution is 9.10. The van der Waals surface area contributed by atoms with Crippen LogP contribution < -0.4 is 14.8 Å². The molecule has 0 aliphatic heterocycles. The van der Waals surface area contributed by atoms with Crippen molar-refractivity contribution in [1.82, 2.24) is 4.90 Å². The molecule has 0 fully saturated rings. The third kappa shape index (κ3) is 6.83. The van der Waals surface area contributed by atoms with Gasteiger partial charge in [0, 0.05) is 19.8 Å². The van der Waals surface area contributed by atoms with Gasteiger partial charge in [0.1, 0.15) is 11.6 Å². The highest BCUT2D eigenvalue weighted by atomic mass is 79.9. The Balaban J connectivity index is 2.36. The monoisotopic (exact) mass is 513 g/mol. The minimum Gasteiger partial charge on any atom is -0.490 e. The van der Waals surface area contributed by atoms with Crippen molar-refractivity contribution >= 4 is 39.5 Å². The van der Waals surface area contributed by atoms with Crippen LogP contribution in [0.1, 0.15) is 29.2 Å². The molecular weight excluding hydrogens is 486 g/mol. The van der Waals surface area contributed by atoms with Gasteiger partial charge in [-0.25, -0.2) is 0 Å². The largest absolute Gasteiger partial charge is 0.490 e. The van der Waals surface area contributed by atoms with E-state index in [-0.39, 0.29) is 18.1 Å². The molecule has 2 rings (SSSR count). The van der Waals surface area contributed by atoms with Gasteiger partial charge in [0.25, 0.3) is 11.8 Å². The van der Waals surface area contributed by atoms with Crippen LogP contribution in [0.25, 0.3) is 6.08 Å². The first kappa shape index (κ1) is 25.9. The maximum Gasteiger partial charge on any atom is 0.266 e. The molecule has 0 saturated heterocycles. The van der Waals surface area contributed by atoms with Crippen LogP contribution in [0.3, 0.4) is 0 Å². The topological polar surface area (TPSA) is 91.7 Å². The summed E-state index contributed by atoms with van der Waals surface area (Å²) in [6.45, 7) is 7.86. The van der Waals surface area contributed by atoms with Gasteiger partial charge in [0.05, 0.1) is 11.1 Å². The number of hydrogen-bond acceptors (Lipinski definition) is 5. The van der Waals surface area contributed by atoms with Crippen LogP contribution in [0.5, 0.6) is 11.5 Å². The second-order valence-electron chi connectivity index (χ2n) is 7.74. The fourth-order valence-corrected chi connectivity index (χ4v) is 3.78. The highest BCUT2D eigenvalue weighted by Crippen LogP contribution is 2.37. The normalized spacial score (nSPS) is 10.9. The Labute approximate surface area is 203 Å². The number of halogens is 1. The van der Waals surface area contributed by atoms with E-state index in [9.17, 15) is 14.9 Å². The first-order chi connectivity index (χ1) is 15.6. The van der Waals surface area contributed by atoms with Gasteiger partial charge < -0.3 is 19.7 Å².